The number of pyridine rings is 1. The van der Waals surface area contributed by atoms with Gasteiger partial charge in [0.15, 0.2) is 6.61 Å². The number of benzene rings is 1. The molecule has 7 heteroatoms. The van der Waals surface area contributed by atoms with Crippen molar-refractivity contribution in [2.75, 3.05) is 19.7 Å². The van der Waals surface area contributed by atoms with Crippen molar-refractivity contribution in [3.05, 3.63) is 40.6 Å². The van der Waals surface area contributed by atoms with Crippen LogP contribution in [0.3, 0.4) is 0 Å². The number of rotatable bonds is 4. The highest BCUT2D eigenvalue weighted by Crippen LogP contribution is 2.31. The van der Waals surface area contributed by atoms with E-state index in [1.54, 1.807) is 18.3 Å². The van der Waals surface area contributed by atoms with E-state index in [4.69, 9.17) is 4.74 Å². The Bertz CT molecular complexity index is 778. The molecule has 1 aliphatic heterocycles. The minimum atomic E-state index is -0.450. The van der Waals surface area contributed by atoms with Crippen molar-refractivity contribution in [1.29, 1.82) is 0 Å². The number of nitro benzene ring substituents is 1. The number of carbonyl (C=O) groups excluding carboxylic acids is 1. The number of hydrogen-bond donors (Lipinski definition) is 0. The first-order chi connectivity index (χ1) is 11.6. The lowest BCUT2D eigenvalue weighted by Gasteiger charge is -2.30. The molecule has 1 fully saturated rings. The van der Waals surface area contributed by atoms with Gasteiger partial charge in [0.2, 0.25) is 0 Å². The van der Waals surface area contributed by atoms with Crippen LogP contribution >= 0.6 is 0 Å². The maximum absolute atomic E-state index is 12.3. The summed E-state index contributed by atoms with van der Waals surface area (Å²) in [5.74, 6) is 0.822. The Morgan fingerprint density at radius 2 is 2.29 bits per heavy atom. The summed E-state index contributed by atoms with van der Waals surface area (Å²) in [4.78, 5) is 28.9. The number of ether oxygens (including phenoxy) is 1. The molecule has 0 spiro atoms. The fraction of sp³-hybridized carbons (Fsp3) is 0.412. The molecule has 2 heterocycles. The lowest BCUT2D eigenvalue weighted by atomic mass is 10.0. The molecule has 1 aliphatic rings. The van der Waals surface area contributed by atoms with Crippen molar-refractivity contribution in [1.82, 2.24) is 9.88 Å². The zero-order valence-electron chi connectivity index (χ0n) is 13.5. The second-order valence-corrected chi connectivity index (χ2v) is 6.12. The normalized spacial score (nSPS) is 17.7. The lowest BCUT2D eigenvalue weighted by molar-refractivity contribution is -0.383. The smallest absolute Gasteiger partial charge is 0.279 e. The molecule has 0 bridgehead atoms. The number of hydrogen-bond acceptors (Lipinski definition) is 5. The van der Waals surface area contributed by atoms with Crippen LogP contribution in [-0.2, 0) is 4.79 Å². The number of nitrogens with zero attached hydrogens (tertiary/aromatic N) is 3. The van der Waals surface area contributed by atoms with Crippen molar-refractivity contribution in [2.45, 2.75) is 19.8 Å². The van der Waals surface area contributed by atoms with Gasteiger partial charge in [-0.2, -0.15) is 0 Å². The summed E-state index contributed by atoms with van der Waals surface area (Å²) in [5.41, 5.74) is 0.369. The second-order valence-electron chi connectivity index (χ2n) is 6.12. The SMILES string of the molecule is CC1CCCN(C(=O)COc2ccc([N+](=O)[O-])c3cccnc23)C1. The van der Waals surface area contributed by atoms with E-state index in [0.717, 1.165) is 25.9 Å². The summed E-state index contributed by atoms with van der Waals surface area (Å²) in [7, 11) is 0. The minimum Gasteiger partial charge on any atom is -0.481 e. The predicted octanol–water partition coefficient (Wildman–Crippen LogP) is 2.78. The second kappa shape index (κ2) is 6.82. The van der Waals surface area contributed by atoms with Gasteiger partial charge in [0.1, 0.15) is 11.3 Å². The highest BCUT2D eigenvalue weighted by Gasteiger charge is 2.22. The number of non-ortho nitro benzene ring substituents is 1. The Kier molecular flexibility index (Phi) is 4.59. The molecule has 1 unspecified atom stereocenters. The lowest BCUT2D eigenvalue weighted by Crippen LogP contribution is -2.41. The monoisotopic (exact) mass is 329 g/mol. The van der Waals surface area contributed by atoms with Crippen LogP contribution in [0, 0.1) is 16.0 Å². The van der Waals surface area contributed by atoms with Crippen molar-refractivity contribution in [3.63, 3.8) is 0 Å². The van der Waals surface area contributed by atoms with Gasteiger partial charge >= 0.3 is 0 Å². The zero-order valence-corrected chi connectivity index (χ0v) is 13.5. The Morgan fingerprint density at radius 3 is 3.04 bits per heavy atom. The molecule has 7 nitrogen and oxygen atoms in total. The van der Waals surface area contributed by atoms with Crippen molar-refractivity contribution < 1.29 is 14.5 Å². The van der Waals surface area contributed by atoms with Crippen molar-refractivity contribution in [2.24, 2.45) is 5.92 Å². The van der Waals surface area contributed by atoms with E-state index in [-0.39, 0.29) is 18.2 Å². The van der Waals surface area contributed by atoms with E-state index in [9.17, 15) is 14.9 Å². The summed E-state index contributed by atoms with van der Waals surface area (Å²) >= 11 is 0. The molecule has 24 heavy (non-hydrogen) atoms. The molecule has 1 amide bonds. The fourth-order valence-electron chi connectivity index (χ4n) is 3.05. The number of aromatic nitrogens is 1. The van der Waals surface area contributed by atoms with Crippen LogP contribution in [0.15, 0.2) is 30.5 Å². The predicted molar refractivity (Wildman–Crippen MR) is 88.9 cm³/mol. The van der Waals surface area contributed by atoms with Gasteiger partial charge in [-0.1, -0.05) is 6.92 Å². The van der Waals surface area contributed by atoms with E-state index in [1.807, 2.05) is 4.90 Å². The molecule has 126 valence electrons. The molecule has 0 radical (unpaired) electrons. The molecular weight excluding hydrogens is 310 g/mol. The van der Waals surface area contributed by atoms with Gasteiger partial charge in [0.05, 0.1) is 10.3 Å². The van der Waals surface area contributed by atoms with E-state index >= 15 is 0 Å². The molecule has 1 aromatic carbocycles. The maximum atomic E-state index is 12.3. The molecule has 1 atom stereocenters. The van der Waals surface area contributed by atoms with Gasteiger partial charge in [-0.3, -0.25) is 19.9 Å². The summed E-state index contributed by atoms with van der Waals surface area (Å²) in [5, 5.41) is 11.5. The van der Waals surface area contributed by atoms with Gasteiger partial charge in [0, 0.05) is 25.4 Å². The maximum Gasteiger partial charge on any atom is 0.279 e. The number of nitro groups is 1. The molecule has 0 N–H and O–H groups in total. The topological polar surface area (TPSA) is 85.6 Å². The van der Waals surface area contributed by atoms with Crippen molar-refractivity contribution in [3.8, 4) is 5.75 Å². The summed E-state index contributed by atoms with van der Waals surface area (Å²) in [6, 6.07) is 6.15. The summed E-state index contributed by atoms with van der Waals surface area (Å²) in [6.45, 7) is 3.55. The molecule has 1 aromatic heterocycles. The van der Waals surface area contributed by atoms with E-state index < -0.39 is 4.92 Å². The van der Waals surface area contributed by atoms with Gasteiger partial charge in [0.25, 0.3) is 11.6 Å². The molecule has 1 saturated heterocycles. The van der Waals surface area contributed by atoms with Crippen LogP contribution in [0.5, 0.6) is 5.75 Å². The highest BCUT2D eigenvalue weighted by molar-refractivity contribution is 5.92. The van der Waals surface area contributed by atoms with Gasteiger partial charge in [-0.25, -0.2) is 0 Å². The summed E-state index contributed by atoms with van der Waals surface area (Å²) in [6.07, 6.45) is 3.70. The third-order valence-corrected chi connectivity index (χ3v) is 4.27. The van der Waals surface area contributed by atoms with Crippen LogP contribution in [0.2, 0.25) is 0 Å². The van der Waals surface area contributed by atoms with E-state index in [0.29, 0.717) is 22.6 Å². The fourth-order valence-corrected chi connectivity index (χ4v) is 3.05. The third kappa shape index (κ3) is 3.29. The quantitative estimate of drug-likeness (QED) is 0.636. The Morgan fingerprint density at radius 1 is 1.46 bits per heavy atom. The molecule has 0 aliphatic carbocycles. The Balaban J connectivity index is 1.77. The number of amides is 1. The van der Waals surface area contributed by atoms with Gasteiger partial charge in [-0.05, 0) is 37.0 Å². The molecular formula is C17H19N3O4. The molecule has 0 saturated carbocycles. The first kappa shape index (κ1) is 16.2. The van der Waals surface area contributed by atoms with Gasteiger partial charge in [-0.15, -0.1) is 0 Å². The molecule has 3 rings (SSSR count). The largest absolute Gasteiger partial charge is 0.481 e. The van der Waals surface area contributed by atoms with Crippen molar-refractivity contribution >= 4 is 22.5 Å². The minimum absolute atomic E-state index is 0.0263. The van der Waals surface area contributed by atoms with Crippen LogP contribution in [0.1, 0.15) is 19.8 Å². The first-order valence-corrected chi connectivity index (χ1v) is 7.99. The van der Waals surface area contributed by atoms with Crippen LogP contribution in [-0.4, -0.2) is 40.4 Å². The van der Waals surface area contributed by atoms with Gasteiger partial charge < -0.3 is 9.64 Å². The zero-order chi connectivity index (χ0) is 17.1. The Labute approximate surface area is 139 Å². The van der Waals surface area contributed by atoms with E-state index in [1.165, 1.54) is 12.1 Å². The van der Waals surface area contributed by atoms with Crippen LogP contribution < -0.4 is 4.74 Å². The van der Waals surface area contributed by atoms with Crippen LogP contribution in [0.25, 0.3) is 10.9 Å². The average molecular weight is 329 g/mol. The Hall–Kier alpha value is -2.70. The number of carbonyl (C=O) groups is 1. The number of piperidine rings is 1. The molecule has 2 aromatic rings. The highest BCUT2D eigenvalue weighted by atomic mass is 16.6. The standard InChI is InChI=1S/C17H19N3O4/c1-12-4-3-9-19(10-12)16(21)11-24-15-7-6-14(20(22)23)13-5-2-8-18-17(13)15/h2,5-8,12H,3-4,9-11H2,1H3. The first-order valence-electron chi connectivity index (χ1n) is 7.99. The van der Waals surface area contributed by atoms with Crippen LogP contribution in [0.4, 0.5) is 5.69 Å². The average Bonchev–Trinajstić information content (AvgIpc) is 2.59. The number of fused-ring (bicyclic) bond motifs is 1. The number of likely N-dealkylation sites (tertiary alicyclic amines) is 1. The van der Waals surface area contributed by atoms with E-state index in [2.05, 4.69) is 11.9 Å². The summed E-state index contributed by atoms with van der Waals surface area (Å²) < 4.78 is 5.63. The third-order valence-electron chi connectivity index (χ3n) is 4.27.